The molecular formula is C20H15Cl2F7N4O4S. The fourth-order valence-electron chi connectivity index (χ4n) is 3.81. The summed E-state index contributed by atoms with van der Waals surface area (Å²) in [5.41, 5.74) is -5.35. The van der Waals surface area contributed by atoms with Gasteiger partial charge in [0.15, 0.2) is 11.1 Å². The molecule has 2 fully saturated rings. The number of benzene rings is 1. The van der Waals surface area contributed by atoms with Crippen LogP contribution in [0.2, 0.25) is 10.0 Å². The van der Waals surface area contributed by atoms with Gasteiger partial charge in [0.05, 0.1) is 29.3 Å². The number of halogens is 9. The number of hydrogen-bond acceptors (Lipinski definition) is 6. The lowest BCUT2D eigenvalue weighted by Gasteiger charge is -2.40. The first-order valence-electron chi connectivity index (χ1n) is 10.4. The van der Waals surface area contributed by atoms with Gasteiger partial charge in [0, 0.05) is 6.42 Å². The Labute approximate surface area is 219 Å². The maximum Gasteiger partial charge on any atom is 0.412 e. The Balaban J connectivity index is 1.95. The van der Waals surface area contributed by atoms with Crippen molar-refractivity contribution in [3.8, 4) is 11.8 Å². The van der Waals surface area contributed by atoms with E-state index in [2.05, 4.69) is 15.2 Å². The van der Waals surface area contributed by atoms with Crippen LogP contribution in [0.25, 0.3) is 5.69 Å². The second-order valence-electron chi connectivity index (χ2n) is 8.75. The van der Waals surface area contributed by atoms with Gasteiger partial charge in [0.1, 0.15) is 22.5 Å². The molecule has 18 heteroatoms. The number of ether oxygens (including phenoxy) is 2. The predicted octanol–water partition coefficient (Wildman–Crippen LogP) is 7.12. The van der Waals surface area contributed by atoms with Crippen LogP contribution in [0.3, 0.4) is 0 Å². The van der Waals surface area contributed by atoms with Crippen molar-refractivity contribution >= 4 is 51.3 Å². The van der Waals surface area contributed by atoms with Crippen LogP contribution in [-0.4, -0.2) is 41.5 Å². The summed E-state index contributed by atoms with van der Waals surface area (Å²) in [7, 11) is -9.48. The van der Waals surface area contributed by atoms with Gasteiger partial charge in [0.25, 0.3) is 5.92 Å². The lowest BCUT2D eigenvalue weighted by atomic mass is 9.94. The highest BCUT2D eigenvalue weighted by Crippen LogP contribution is 3.02. The van der Waals surface area contributed by atoms with Crippen molar-refractivity contribution in [1.29, 1.82) is 5.26 Å². The van der Waals surface area contributed by atoms with E-state index in [1.807, 2.05) is 0 Å². The topological polar surface area (TPSA) is 106 Å². The Kier molecular flexibility index (Phi) is 5.96. The molecule has 1 heterocycles. The molecule has 0 radical (unpaired) electrons. The van der Waals surface area contributed by atoms with Crippen LogP contribution >= 0.6 is 33.4 Å². The number of hydrogen-bond donors (Lipinski definition) is 1. The van der Waals surface area contributed by atoms with Crippen LogP contribution < -0.4 is 5.32 Å². The van der Waals surface area contributed by atoms with Gasteiger partial charge in [-0.3, -0.25) is 10.1 Å². The summed E-state index contributed by atoms with van der Waals surface area (Å²) in [5.74, 6) is -6.10. The maximum absolute atomic E-state index is 14.7. The standard InChI is InChI=1S/C20H15Cl2F7N4O4S/c1-36-17(34)19(8-20(19,23)24)14-13(6-30)32-33(16(14)31-18(35)37-7-9-2-3-9)15-11(21)4-10(5-12(15)22)38(25,26,27,28)29/h4-5,9H,2-3,7-8H2,1H3,(H,31,35). The maximum atomic E-state index is 14.7. The number of anilines is 1. The lowest BCUT2D eigenvalue weighted by Crippen LogP contribution is -2.31. The molecule has 0 bridgehead atoms. The number of nitrogens with zero attached hydrogens (tertiary/aromatic N) is 3. The summed E-state index contributed by atoms with van der Waals surface area (Å²) in [6, 6.07) is 1.12. The molecule has 2 aliphatic rings. The zero-order chi connectivity index (χ0) is 28.5. The number of methoxy groups -OCH3 is 1. The number of alkyl halides is 2. The molecule has 2 aromatic rings. The second-order valence-corrected chi connectivity index (χ2v) is 12.0. The molecule has 0 spiro atoms. The number of amides is 1. The van der Waals surface area contributed by atoms with Gasteiger partial charge in [-0.2, -0.15) is 10.4 Å². The van der Waals surface area contributed by atoms with E-state index in [4.69, 9.17) is 27.9 Å². The third-order valence-electron chi connectivity index (χ3n) is 5.95. The molecule has 2 aliphatic carbocycles. The van der Waals surface area contributed by atoms with Gasteiger partial charge in [-0.25, -0.2) is 18.3 Å². The first kappa shape index (κ1) is 28.1. The minimum Gasteiger partial charge on any atom is -0.468 e. The van der Waals surface area contributed by atoms with Crippen LogP contribution in [0.1, 0.15) is 30.5 Å². The number of nitrogens with one attached hydrogen (secondary N) is 1. The molecule has 1 atom stereocenters. The highest BCUT2D eigenvalue weighted by molar-refractivity contribution is 8.45. The Morgan fingerprint density at radius 1 is 1.21 bits per heavy atom. The number of rotatable bonds is 7. The van der Waals surface area contributed by atoms with Crippen LogP contribution in [0, 0.1) is 17.2 Å². The SMILES string of the molecule is COC(=O)C1(c2c(C#N)nn(-c3c(Cl)cc(S(F)(F)(F)(F)F)cc3Cl)c2NC(=O)OCC2CC2)CC1(F)F. The minimum absolute atomic E-state index is 0.0531. The van der Waals surface area contributed by atoms with E-state index < -0.39 is 77.7 Å². The molecule has 2 saturated carbocycles. The molecule has 208 valence electrons. The molecule has 0 aliphatic heterocycles. The van der Waals surface area contributed by atoms with Crippen LogP contribution in [0.4, 0.5) is 38.8 Å². The van der Waals surface area contributed by atoms with Crippen LogP contribution in [0.5, 0.6) is 0 Å². The summed E-state index contributed by atoms with van der Waals surface area (Å²) >= 11 is 11.7. The number of nitriles is 1. The smallest absolute Gasteiger partial charge is 0.412 e. The quantitative estimate of drug-likeness (QED) is 0.264. The molecule has 0 saturated heterocycles. The van der Waals surface area contributed by atoms with Crippen molar-refractivity contribution < 1.29 is 47.3 Å². The molecule has 1 aromatic carbocycles. The Hall–Kier alpha value is -2.90. The summed E-state index contributed by atoms with van der Waals surface area (Å²) in [5, 5.41) is 13.2. The molecule has 8 nitrogen and oxygen atoms in total. The molecule has 1 amide bonds. The van der Waals surface area contributed by atoms with Crippen LogP contribution in [-0.2, 0) is 19.7 Å². The van der Waals surface area contributed by atoms with Gasteiger partial charge in [0.2, 0.25) is 0 Å². The van der Waals surface area contributed by atoms with E-state index in [1.165, 1.54) is 6.07 Å². The normalized spacial score (nSPS) is 22.0. The minimum atomic E-state index is -10.3. The fourth-order valence-corrected chi connectivity index (χ4v) is 5.27. The monoisotopic (exact) mass is 610 g/mol. The Morgan fingerprint density at radius 2 is 1.76 bits per heavy atom. The van der Waals surface area contributed by atoms with E-state index in [0.717, 1.165) is 20.0 Å². The molecule has 1 N–H and O–H groups in total. The van der Waals surface area contributed by atoms with E-state index in [9.17, 15) is 43.1 Å². The number of esters is 1. The van der Waals surface area contributed by atoms with Crippen molar-refractivity contribution in [2.45, 2.75) is 35.5 Å². The first-order chi connectivity index (χ1) is 17.3. The van der Waals surface area contributed by atoms with E-state index in [1.54, 1.807) is 0 Å². The van der Waals surface area contributed by atoms with Gasteiger partial charge in [-0.05, 0) is 30.9 Å². The van der Waals surface area contributed by atoms with E-state index in [-0.39, 0.29) is 24.7 Å². The van der Waals surface area contributed by atoms with Crippen molar-refractivity contribution in [1.82, 2.24) is 9.78 Å². The Morgan fingerprint density at radius 3 is 2.18 bits per heavy atom. The predicted molar refractivity (Wildman–Crippen MR) is 121 cm³/mol. The lowest BCUT2D eigenvalue weighted by molar-refractivity contribution is -0.146. The van der Waals surface area contributed by atoms with Gasteiger partial charge < -0.3 is 9.47 Å². The molecule has 1 unspecified atom stereocenters. The summed E-state index contributed by atoms with van der Waals surface area (Å²) < 4.78 is 106. The third-order valence-corrected chi connectivity index (χ3v) is 7.66. The van der Waals surface area contributed by atoms with Crippen LogP contribution in [0.15, 0.2) is 17.0 Å². The first-order valence-corrected chi connectivity index (χ1v) is 13.1. The van der Waals surface area contributed by atoms with Crippen molar-refractivity contribution in [2.75, 3.05) is 19.0 Å². The molecular weight excluding hydrogens is 596 g/mol. The molecule has 1 aromatic heterocycles. The highest BCUT2D eigenvalue weighted by atomic mass is 35.5. The van der Waals surface area contributed by atoms with E-state index in [0.29, 0.717) is 4.68 Å². The van der Waals surface area contributed by atoms with Gasteiger partial charge in [-0.15, -0.1) is 0 Å². The van der Waals surface area contributed by atoms with E-state index >= 15 is 0 Å². The van der Waals surface area contributed by atoms with Gasteiger partial charge in [-0.1, -0.05) is 42.6 Å². The third kappa shape index (κ3) is 4.82. The van der Waals surface area contributed by atoms with Crippen molar-refractivity contribution in [3.05, 3.63) is 33.4 Å². The zero-order valence-electron chi connectivity index (χ0n) is 18.8. The summed E-state index contributed by atoms with van der Waals surface area (Å²) in [6.45, 7) is -0.0706. The van der Waals surface area contributed by atoms with Crippen molar-refractivity contribution in [3.63, 3.8) is 0 Å². The number of carbonyl (C=O) groups is 2. The fraction of sp³-hybridized carbons (Fsp3) is 0.400. The Bertz CT molecular complexity index is 1400. The largest absolute Gasteiger partial charge is 0.468 e. The highest BCUT2D eigenvalue weighted by Gasteiger charge is 2.80. The van der Waals surface area contributed by atoms with Crippen molar-refractivity contribution in [2.24, 2.45) is 5.92 Å². The average molecular weight is 611 g/mol. The summed E-state index contributed by atoms with van der Waals surface area (Å²) in [4.78, 5) is 22.5. The second kappa shape index (κ2) is 8.06. The average Bonchev–Trinajstić information content (AvgIpc) is 3.67. The summed E-state index contributed by atoms with van der Waals surface area (Å²) in [6.07, 6.45) is -0.917. The van der Waals surface area contributed by atoms with Gasteiger partial charge >= 0.3 is 22.3 Å². The molecule has 38 heavy (non-hydrogen) atoms. The zero-order valence-corrected chi connectivity index (χ0v) is 21.2. The number of aromatic nitrogens is 2. The molecule has 4 rings (SSSR count). The number of carbonyl (C=O) groups excluding carboxylic acids is 2.